The van der Waals surface area contributed by atoms with E-state index < -0.39 is 7.82 Å². The molecular weight excluding hydrogens is 525 g/mol. The topological polar surface area (TPSA) is 58.6 Å². The van der Waals surface area contributed by atoms with Crippen molar-refractivity contribution in [1.29, 1.82) is 0 Å². The molecule has 0 aliphatic carbocycles. The minimum absolute atomic E-state index is 0. The number of hydrogen-bond acceptors (Lipinski definition) is 4. The fraction of sp³-hybridized carbons (Fsp3) is 0.0714. The predicted molar refractivity (Wildman–Crippen MR) is 141 cm³/mol. The Morgan fingerprint density at radius 3 is 1.64 bits per heavy atom. The monoisotopic (exact) mass is 546 g/mol. The summed E-state index contributed by atoms with van der Waals surface area (Å²) in [6.07, 6.45) is 2.00. The van der Waals surface area contributed by atoms with E-state index in [0.29, 0.717) is 10.0 Å². The smallest absolute Gasteiger partial charge is 0.736 e. The first-order valence-corrected chi connectivity index (χ1v) is 13.0. The molecule has 36 heavy (non-hydrogen) atoms. The summed E-state index contributed by atoms with van der Waals surface area (Å²) in [5.41, 5.74) is 5.56. The number of benzene rings is 4. The number of aryl methyl sites for hydroxylation is 2. The molecule has 8 heteroatoms. The molecule has 0 heterocycles. The van der Waals surface area contributed by atoms with Crippen molar-refractivity contribution in [3.05, 3.63) is 129 Å². The fourth-order valence-corrected chi connectivity index (χ4v) is 4.68. The van der Waals surface area contributed by atoms with Gasteiger partial charge < -0.3 is 13.9 Å². The van der Waals surface area contributed by atoms with Gasteiger partial charge in [0.2, 0.25) is 0 Å². The van der Waals surface area contributed by atoms with E-state index in [4.69, 9.17) is 32.2 Å². The van der Waals surface area contributed by atoms with E-state index in [1.54, 1.807) is 36.4 Å². The third kappa shape index (κ3) is 7.99. The summed E-state index contributed by atoms with van der Waals surface area (Å²) in [5, 5.41) is 1.30. The second-order valence-corrected chi connectivity index (χ2v) is 10.2. The van der Waals surface area contributed by atoms with E-state index >= 15 is 0 Å². The predicted octanol–water partition coefficient (Wildman–Crippen LogP) is 5.13. The van der Waals surface area contributed by atoms with Crippen molar-refractivity contribution in [2.75, 3.05) is 0 Å². The molecule has 178 valence electrons. The van der Waals surface area contributed by atoms with Crippen LogP contribution in [0.3, 0.4) is 0 Å². The van der Waals surface area contributed by atoms with Crippen molar-refractivity contribution in [2.45, 2.75) is 13.8 Å². The maximum absolute atomic E-state index is 12.4. The summed E-state index contributed by atoms with van der Waals surface area (Å²) in [6, 6.07) is 27.0. The van der Waals surface area contributed by atoms with Crippen LogP contribution in [-0.4, -0.2) is 0 Å². The third-order valence-electron chi connectivity index (χ3n) is 5.13. The van der Waals surface area contributed by atoms with Crippen LogP contribution in [0.1, 0.15) is 27.8 Å². The third-order valence-corrected chi connectivity index (χ3v) is 6.50. The number of hydrogen-bond donors (Lipinski definition) is 0. The normalized spacial score (nSPS) is 12.1. The molecule has 0 fully saturated rings. The first-order valence-electron chi connectivity index (χ1n) is 10.8. The van der Waals surface area contributed by atoms with Crippen molar-refractivity contribution in [1.82, 2.24) is 0 Å². The van der Waals surface area contributed by atoms with Crippen molar-refractivity contribution >= 4 is 42.7 Å². The Bertz CT molecular complexity index is 1340. The zero-order chi connectivity index (χ0) is 25.0. The van der Waals surface area contributed by atoms with Crippen LogP contribution in [0, 0.1) is 13.8 Å². The van der Waals surface area contributed by atoms with Crippen LogP contribution in [0.25, 0.3) is 11.6 Å². The summed E-state index contributed by atoms with van der Waals surface area (Å²) in [7, 11) is -4.61. The van der Waals surface area contributed by atoms with E-state index in [9.17, 15) is 9.46 Å². The minimum atomic E-state index is -4.61. The molecule has 1 atom stereocenters. The molecule has 0 aliphatic rings. The Labute approximate surface area is 243 Å². The summed E-state index contributed by atoms with van der Waals surface area (Å²) >= 11 is 12.1. The molecule has 0 spiro atoms. The Hall–Kier alpha value is -2.01. The molecule has 0 aliphatic heterocycles. The molecule has 4 nitrogen and oxygen atoms in total. The number of halogens is 2. The molecule has 0 aromatic heterocycles. The minimum Gasteiger partial charge on any atom is -0.736 e. The van der Waals surface area contributed by atoms with E-state index in [2.05, 4.69) is 0 Å². The Morgan fingerprint density at radius 2 is 1.17 bits per heavy atom. The Morgan fingerprint density at radius 1 is 0.722 bits per heavy atom. The maximum atomic E-state index is 12.4. The van der Waals surface area contributed by atoms with Crippen LogP contribution in [0.2, 0.25) is 10.0 Å². The fourth-order valence-electron chi connectivity index (χ4n) is 3.65. The molecule has 0 radical (unpaired) electrons. The molecule has 4 aromatic rings. The van der Waals surface area contributed by atoms with Gasteiger partial charge in [-0.25, -0.2) is 4.57 Å². The Balaban J connectivity index is 0.00000361. The van der Waals surface area contributed by atoms with Crippen LogP contribution in [0.4, 0.5) is 0 Å². The second kappa shape index (κ2) is 12.5. The molecule has 0 saturated heterocycles. The van der Waals surface area contributed by atoms with Gasteiger partial charge in [-0.15, -0.1) is 0 Å². The van der Waals surface area contributed by atoms with Gasteiger partial charge in [-0.05, 0) is 102 Å². The van der Waals surface area contributed by atoms with Crippen LogP contribution in [-0.2, 0) is 4.57 Å². The van der Waals surface area contributed by atoms with E-state index in [-0.39, 0.29) is 41.1 Å². The molecule has 0 N–H and O–H groups in total. The average Bonchev–Trinajstić information content (AvgIpc) is 2.79. The van der Waals surface area contributed by atoms with Gasteiger partial charge in [0.1, 0.15) is 11.5 Å². The summed E-state index contributed by atoms with van der Waals surface area (Å²) in [6.45, 7) is 3.73. The van der Waals surface area contributed by atoms with Crippen molar-refractivity contribution in [3.63, 3.8) is 0 Å². The molecule has 0 bridgehead atoms. The van der Waals surface area contributed by atoms with Gasteiger partial charge in [-0.3, -0.25) is 0 Å². The van der Waals surface area contributed by atoms with Crippen molar-refractivity contribution in [3.8, 4) is 11.5 Å². The number of phosphoric ester groups is 1. The van der Waals surface area contributed by atoms with Gasteiger partial charge in [-0.2, -0.15) is 0 Å². The Kier molecular flexibility index (Phi) is 9.91. The SMILES string of the molecule is Cc1cc(C)cc(OP(=O)([O-])Oc2ccc(C=C(c3ccc(Cl)cc3)c3ccc(Cl)cc3)cc2)c1.[Na+]. The molecule has 0 amide bonds. The number of phosphoric acid groups is 1. The molecular formula is C28H22Cl2NaO4P. The average molecular weight is 547 g/mol. The van der Waals surface area contributed by atoms with Crippen LogP contribution < -0.4 is 43.5 Å². The summed E-state index contributed by atoms with van der Waals surface area (Å²) < 4.78 is 22.7. The van der Waals surface area contributed by atoms with Gasteiger partial charge in [0.25, 0.3) is 0 Å². The first-order chi connectivity index (χ1) is 16.7. The quantitative estimate of drug-likeness (QED) is 0.183. The van der Waals surface area contributed by atoms with Crippen molar-refractivity contribution in [2.24, 2.45) is 0 Å². The van der Waals surface area contributed by atoms with E-state index in [0.717, 1.165) is 33.4 Å². The standard InChI is InChI=1S/C28H23Cl2O4P.Na/c1-19-15-20(2)17-27(16-19)34-35(31,32)33-26-13-3-21(4-14-26)18-28(22-5-9-24(29)10-6-22)23-7-11-25(30)12-8-23;/h3-18H,1-2H3,(H,31,32);/q;+1/p-1. The van der Waals surface area contributed by atoms with Crippen LogP contribution in [0.5, 0.6) is 11.5 Å². The van der Waals surface area contributed by atoms with Crippen LogP contribution in [0.15, 0.2) is 91.0 Å². The maximum Gasteiger partial charge on any atom is 1.00 e. The van der Waals surface area contributed by atoms with Gasteiger partial charge in [0.05, 0.1) is 0 Å². The van der Waals surface area contributed by atoms with Gasteiger partial charge in [0, 0.05) is 10.0 Å². The molecule has 1 unspecified atom stereocenters. The van der Waals surface area contributed by atoms with Crippen molar-refractivity contribution < 1.29 is 48.1 Å². The summed E-state index contributed by atoms with van der Waals surface area (Å²) in [4.78, 5) is 12.4. The van der Waals surface area contributed by atoms with Gasteiger partial charge in [-0.1, -0.05) is 65.7 Å². The zero-order valence-corrected chi connectivity index (χ0v) is 24.5. The summed E-state index contributed by atoms with van der Waals surface area (Å²) in [5.74, 6) is 0.375. The van der Waals surface area contributed by atoms with Gasteiger partial charge >= 0.3 is 37.4 Å². The molecule has 4 rings (SSSR count). The zero-order valence-electron chi connectivity index (χ0n) is 20.1. The van der Waals surface area contributed by atoms with E-state index in [1.165, 1.54) is 0 Å². The molecule has 0 saturated carbocycles. The van der Waals surface area contributed by atoms with E-state index in [1.807, 2.05) is 74.5 Å². The largest absolute Gasteiger partial charge is 1.00 e. The van der Waals surface area contributed by atoms with Gasteiger partial charge in [0.15, 0.2) is 0 Å². The first kappa shape index (κ1) is 28.6. The van der Waals surface area contributed by atoms with Crippen LogP contribution >= 0.6 is 31.0 Å². The molecule has 4 aromatic carbocycles. The number of rotatable bonds is 7. The second-order valence-electron chi connectivity index (χ2n) is 8.09.